The zero-order valence-electron chi connectivity index (χ0n) is 11.6. The summed E-state index contributed by atoms with van der Waals surface area (Å²) in [4.78, 5) is 32.6. The molecule has 4 amide bonds. The van der Waals surface area contributed by atoms with Crippen LogP contribution in [0.3, 0.4) is 0 Å². The Morgan fingerprint density at radius 3 is 1.92 bits per heavy atom. The highest BCUT2D eigenvalue weighted by atomic mass is 32.2. The number of imide groups is 2. The summed E-state index contributed by atoms with van der Waals surface area (Å²) in [7, 11) is -9.66. The lowest BCUT2D eigenvalue weighted by molar-refractivity contribution is -0.135. The molecule has 0 saturated carbocycles. The van der Waals surface area contributed by atoms with Crippen molar-refractivity contribution in [3.63, 3.8) is 0 Å². The number of rotatable bonds is 4. The number of hydrogen-bond donors (Lipinski definition) is 4. The molecule has 1 aromatic carbocycles. The molecule has 2 rings (SSSR count). The summed E-state index contributed by atoms with van der Waals surface area (Å²) in [6, 6.07) is 1.22. The van der Waals surface area contributed by atoms with Crippen molar-refractivity contribution in [3.8, 4) is 0 Å². The van der Waals surface area contributed by atoms with Crippen LogP contribution in [0.5, 0.6) is 0 Å². The Morgan fingerprint density at radius 1 is 0.917 bits per heavy atom. The Kier molecular flexibility index (Phi) is 4.45. The van der Waals surface area contributed by atoms with Crippen LogP contribution in [-0.4, -0.2) is 43.8 Å². The molecule has 24 heavy (non-hydrogen) atoms. The predicted octanol–water partition coefficient (Wildman–Crippen LogP) is -1.30. The molecule has 13 heteroatoms. The fraction of sp³-hybridized carbons (Fsp3) is 0.182. The van der Waals surface area contributed by atoms with E-state index in [1.165, 1.54) is 0 Å². The molecule has 0 aromatic heterocycles. The first-order chi connectivity index (χ1) is 10.9. The van der Waals surface area contributed by atoms with E-state index in [0.717, 1.165) is 12.1 Å². The Balaban J connectivity index is 2.49. The van der Waals surface area contributed by atoms with Crippen LogP contribution in [0.4, 0.5) is 4.79 Å². The normalized spacial score (nSPS) is 16.7. The van der Waals surface area contributed by atoms with E-state index in [-0.39, 0.29) is 5.56 Å². The molecule has 0 unspecified atom stereocenters. The van der Waals surface area contributed by atoms with Gasteiger partial charge in [0.2, 0.25) is 11.8 Å². The third kappa shape index (κ3) is 3.76. The maximum absolute atomic E-state index is 11.7. The average Bonchev–Trinajstić information content (AvgIpc) is 2.40. The van der Waals surface area contributed by atoms with E-state index in [2.05, 4.69) is 0 Å². The van der Waals surface area contributed by atoms with Gasteiger partial charge in [-0.05, 0) is 24.1 Å². The largest absolute Gasteiger partial charge is 0.328 e. The molecular formula is C11H10N2O9S2. The van der Waals surface area contributed by atoms with Crippen LogP contribution in [0, 0.1) is 5.92 Å². The van der Waals surface area contributed by atoms with Crippen LogP contribution in [0.2, 0.25) is 0 Å². The van der Waals surface area contributed by atoms with Crippen molar-refractivity contribution in [2.45, 2.75) is 16.2 Å². The maximum atomic E-state index is 11.7. The van der Waals surface area contributed by atoms with Gasteiger partial charge in [-0.25, -0.2) is 4.79 Å². The number of carbonyl (C=O) groups excluding carboxylic acids is 3. The molecule has 130 valence electrons. The summed E-state index contributed by atoms with van der Waals surface area (Å²) in [5, 5.41) is 3.63. The molecule has 1 fully saturated rings. The van der Waals surface area contributed by atoms with Crippen molar-refractivity contribution in [1.29, 1.82) is 0 Å². The first kappa shape index (κ1) is 18.0. The molecule has 11 nitrogen and oxygen atoms in total. The quantitative estimate of drug-likeness (QED) is 0.365. The zero-order valence-corrected chi connectivity index (χ0v) is 13.2. The van der Waals surface area contributed by atoms with Crippen molar-refractivity contribution >= 4 is 38.1 Å². The second-order valence-electron chi connectivity index (χ2n) is 4.78. The number of barbiturate groups is 1. The first-order valence-electron chi connectivity index (χ1n) is 6.13. The summed E-state index contributed by atoms with van der Waals surface area (Å²) < 4.78 is 63.1. The lowest BCUT2D eigenvalue weighted by Gasteiger charge is -2.21. The Bertz CT molecular complexity index is 930. The second-order valence-corrected chi connectivity index (χ2v) is 7.60. The van der Waals surface area contributed by atoms with Gasteiger partial charge in [-0.2, -0.15) is 16.8 Å². The average molecular weight is 378 g/mol. The van der Waals surface area contributed by atoms with Crippen molar-refractivity contribution in [3.05, 3.63) is 23.8 Å². The molecule has 1 aromatic rings. The van der Waals surface area contributed by atoms with Crippen LogP contribution in [-0.2, 0) is 36.2 Å². The molecule has 0 bridgehead atoms. The van der Waals surface area contributed by atoms with E-state index in [0.29, 0.717) is 6.07 Å². The van der Waals surface area contributed by atoms with Gasteiger partial charge in [0, 0.05) is 0 Å². The second kappa shape index (κ2) is 5.94. The summed E-state index contributed by atoms with van der Waals surface area (Å²) in [5.74, 6) is -3.44. The molecule has 0 spiro atoms. The number of carbonyl (C=O) groups is 3. The van der Waals surface area contributed by atoms with Crippen LogP contribution in [0.15, 0.2) is 28.0 Å². The first-order valence-corrected chi connectivity index (χ1v) is 9.01. The highest BCUT2D eigenvalue weighted by Crippen LogP contribution is 2.24. The van der Waals surface area contributed by atoms with Crippen molar-refractivity contribution in [1.82, 2.24) is 10.6 Å². The highest BCUT2D eigenvalue weighted by molar-refractivity contribution is 7.86. The Labute approximate surface area is 135 Å². The molecule has 0 aliphatic carbocycles. The number of benzene rings is 1. The molecule has 1 saturated heterocycles. The minimum absolute atomic E-state index is 0.255. The van der Waals surface area contributed by atoms with E-state index in [4.69, 9.17) is 4.55 Å². The van der Waals surface area contributed by atoms with Gasteiger partial charge in [0.1, 0.15) is 5.92 Å². The van der Waals surface area contributed by atoms with Crippen LogP contribution in [0.25, 0.3) is 0 Å². The van der Waals surface area contributed by atoms with E-state index in [9.17, 15) is 35.8 Å². The highest BCUT2D eigenvalue weighted by Gasteiger charge is 2.35. The van der Waals surface area contributed by atoms with Gasteiger partial charge in [-0.15, -0.1) is 0 Å². The smallest absolute Gasteiger partial charge is 0.282 e. The molecule has 1 aliphatic heterocycles. The van der Waals surface area contributed by atoms with Gasteiger partial charge in [0.25, 0.3) is 20.2 Å². The van der Waals surface area contributed by atoms with Gasteiger partial charge < -0.3 is 0 Å². The van der Waals surface area contributed by atoms with E-state index < -0.39 is 60.2 Å². The molecular weight excluding hydrogens is 368 g/mol. The molecule has 0 atom stereocenters. The SMILES string of the molecule is O=C1NC(=O)C(Cc2ccc(S(=O)(=O)O)cc2S(=O)(=O)O)C(=O)N1. The van der Waals surface area contributed by atoms with E-state index in [1.807, 2.05) is 10.6 Å². The Hall–Kier alpha value is -2.35. The van der Waals surface area contributed by atoms with Gasteiger partial charge in [-0.3, -0.25) is 29.3 Å². The number of hydrogen-bond acceptors (Lipinski definition) is 7. The van der Waals surface area contributed by atoms with E-state index in [1.54, 1.807) is 0 Å². The van der Waals surface area contributed by atoms with Crippen LogP contribution < -0.4 is 10.6 Å². The van der Waals surface area contributed by atoms with Crippen LogP contribution in [0.1, 0.15) is 5.56 Å². The fourth-order valence-electron chi connectivity index (χ4n) is 2.06. The molecule has 1 heterocycles. The van der Waals surface area contributed by atoms with Crippen molar-refractivity contribution in [2.75, 3.05) is 0 Å². The van der Waals surface area contributed by atoms with Gasteiger partial charge in [0.05, 0.1) is 9.79 Å². The van der Waals surface area contributed by atoms with Crippen LogP contribution >= 0.6 is 0 Å². The number of amides is 4. The predicted molar refractivity (Wildman–Crippen MR) is 74.9 cm³/mol. The fourth-order valence-corrected chi connectivity index (χ4v) is 3.40. The number of urea groups is 1. The Morgan fingerprint density at radius 2 is 1.46 bits per heavy atom. The zero-order chi connectivity index (χ0) is 18.3. The summed E-state index contributed by atoms with van der Waals surface area (Å²) in [5.41, 5.74) is -0.255. The monoisotopic (exact) mass is 378 g/mol. The summed E-state index contributed by atoms with van der Waals surface area (Å²) >= 11 is 0. The maximum Gasteiger partial charge on any atom is 0.328 e. The summed E-state index contributed by atoms with van der Waals surface area (Å²) in [6.07, 6.45) is -0.536. The third-order valence-electron chi connectivity index (χ3n) is 3.14. The van der Waals surface area contributed by atoms with E-state index >= 15 is 0 Å². The molecule has 4 N–H and O–H groups in total. The minimum Gasteiger partial charge on any atom is -0.282 e. The lowest BCUT2D eigenvalue weighted by Crippen LogP contribution is -2.56. The summed E-state index contributed by atoms with van der Waals surface area (Å²) in [6.45, 7) is 0. The van der Waals surface area contributed by atoms with Gasteiger partial charge >= 0.3 is 6.03 Å². The lowest BCUT2D eigenvalue weighted by atomic mass is 9.96. The van der Waals surface area contributed by atoms with Gasteiger partial charge in [-0.1, -0.05) is 6.07 Å². The molecule has 0 radical (unpaired) electrons. The van der Waals surface area contributed by atoms with Crippen molar-refractivity contribution in [2.24, 2.45) is 5.92 Å². The minimum atomic E-state index is -4.92. The van der Waals surface area contributed by atoms with Gasteiger partial charge in [0.15, 0.2) is 0 Å². The van der Waals surface area contributed by atoms with Crippen molar-refractivity contribution < 1.29 is 40.3 Å². The third-order valence-corrected chi connectivity index (χ3v) is 4.93. The molecule has 1 aliphatic rings. The number of nitrogens with one attached hydrogen (secondary N) is 2. The topological polar surface area (TPSA) is 184 Å². The standard InChI is InChI=1S/C11H10N2O9S2/c14-9-7(10(15)13-11(16)12-9)3-5-1-2-6(23(17,18)19)4-8(5)24(20,21)22/h1-2,4,7H,3H2,(H,17,18,19)(H,20,21,22)(H2,12,13,14,15,16).